The zero-order valence-corrected chi connectivity index (χ0v) is 50.8. The van der Waals surface area contributed by atoms with E-state index in [4.69, 9.17) is 4.74 Å². The number of aliphatic hydroxyl groups excluding tert-OH is 2. The average Bonchev–Trinajstić information content (AvgIpc) is 3.41. The minimum Gasteiger partial charge on any atom is -0.466 e. The Morgan fingerprint density at radius 2 is 0.667 bits per heavy atom. The summed E-state index contributed by atoms with van der Waals surface area (Å²) in [5.74, 6) is -0.0404. The molecule has 1 amide bonds. The van der Waals surface area contributed by atoms with E-state index >= 15 is 0 Å². The fourth-order valence-corrected chi connectivity index (χ4v) is 10.8. The van der Waals surface area contributed by atoms with Crippen LogP contribution in [0, 0.1) is 0 Å². The highest BCUT2D eigenvalue weighted by Crippen LogP contribution is 2.19. The molecular formula is C69H133NO5. The smallest absolute Gasteiger partial charge is 0.305 e. The van der Waals surface area contributed by atoms with Crippen molar-refractivity contribution in [1.82, 2.24) is 5.32 Å². The summed E-state index contributed by atoms with van der Waals surface area (Å²) in [4.78, 5) is 24.6. The molecule has 0 aromatic heterocycles. The van der Waals surface area contributed by atoms with Crippen molar-refractivity contribution in [3.05, 3.63) is 24.3 Å². The molecule has 0 aliphatic carbocycles. The van der Waals surface area contributed by atoms with Crippen molar-refractivity contribution >= 4 is 11.9 Å². The van der Waals surface area contributed by atoms with Gasteiger partial charge in [0.1, 0.15) is 0 Å². The van der Waals surface area contributed by atoms with Gasteiger partial charge in [0, 0.05) is 12.8 Å². The largest absolute Gasteiger partial charge is 0.466 e. The summed E-state index contributed by atoms with van der Waals surface area (Å²) >= 11 is 0. The molecule has 0 saturated carbocycles. The molecule has 3 N–H and O–H groups in total. The molecule has 2 atom stereocenters. The van der Waals surface area contributed by atoms with Crippen molar-refractivity contribution in [3.8, 4) is 0 Å². The summed E-state index contributed by atoms with van der Waals surface area (Å²) in [7, 11) is 0. The van der Waals surface area contributed by atoms with Crippen LogP contribution in [0.4, 0.5) is 0 Å². The summed E-state index contributed by atoms with van der Waals surface area (Å²) in [6.45, 7) is 4.95. The molecule has 444 valence electrons. The van der Waals surface area contributed by atoms with Gasteiger partial charge in [-0.2, -0.15) is 0 Å². The van der Waals surface area contributed by atoms with Gasteiger partial charge in [-0.3, -0.25) is 9.59 Å². The molecule has 0 aromatic carbocycles. The molecule has 75 heavy (non-hydrogen) atoms. The second-order valence-electron chi connectivity index (χ2n) is 23.5. The fraction of sp³-hybridized carbons (Fsp3) is 0.913. The standard InChI is InChI=1S/C69H133NO5/c1-3-5-7-9-11-13-15-17-19-20-21-22-23-24-25-26-27-30-34-37-41-45-49-53-57-61-67(72)66(65-71)70-68(73)62-58-54-50-46-42-38-35-31-28-29-32-36-40-44-48-52-56-60-64-75-69(74)63-59-55-51-47-43-39-33-18-16-14-12-10-8-6-4-2/h12,14,18,33,66-67,71-72H,3-11,13,15-17,19-32,34-65H2,1-2H3,(H,70,73)/b14-12-,33-18-. The lowest BCUT2D eigenvalue weighted by Crippen LogP contribution is -2.45. The van der Waals surface area contributed by atoms with Crippen LogP contribution in [0.2, 0.25) is 0 Å². The van der Waals surface area contributed by atoms with Gasteiger partial charge in [0.2, 0.25) is 5.91 Å². The molecule has 0 rings (SSSR count). The van der Waals surface area contributed by atoms with E-state index in [2.05, 4.69) is 43.5 Å². The topological polar surface area (TPSA) is 95.9 Å². The third kappa shape index (κ3) is 61.4. The summed E-state index contributed by atoms with van der Waals surface area (Å²) in [6, 6.07) is -0.546. The van der Waals surface area contributed by atoms with Gasteiger partial charge in [0.25, 0.3) is 0 Å². The summed E-state index contributed by atoms with van der Waals surface area (Å²) in [5.41, 5.74) is 0. The lowest BCUT2D eigenvalue weighted by atomic mass is 10.0. The van der Waals surface area contributed by atoms with Crippen molar-refractivity contribution in [3.63, 3.8) is 0 Å². The number of allylic oxidation sites excluding steroid dienone is 4. The molecule has 0 fully saturated rings. The zero-order chi connectivity index (χ0) is 54.3. The van der Waals surface area contributed by atoms with E-state index in [0.717, 1.165) is 51.4 Å². The van der Waals surface area contributed by atoms with E-state index in [1.807, 2.05) is 0 Å². The molecule has 0 bridgehead atoms. The normalized spacial score (nSPS) is 12.6. The third-order valence-corrected chi connectivity index (χ3v) is 16.0. The van der Waals surface area contributed by atoms with Crippen LogP contribution in [0.3, 0.4) is 0 Å². The van der Waals surface area contributed by atoms with Gasteiger partial charge < -0.3 is 20.3 Å². The minimum atomic E-state index is -0.669. The minimum absolute atomic E-state index is 0.00557. The Labute approximate surface area is 469 Å². The Hall–Kier alpha value is -1.66. The number of amides is 1. The Morgan fingerprint density at radius 3 is 1.04 bits per heavy atom. The second kappa shape index (κ2) is 64.9. The van der Waals surface area contributed by atoms with Gasteiger partial charge in [0.05, 0.1) is 25.4 Å². The van der Waals surface area contributed by atoms with Gasteiger partial charge in [-0.15, -0.1) is 0 Å². The quantitative estimate of drug-likeness (QED) is 0.0320. The van der Waals surface area contributed by atoms with Crippen molar-refractivity contribution in [1.29, 1.82) is 0 Å². The van der Waals surface area contributed by atoms with E-state index < -0.39 is 12.1 Å². The number of nitrogens with one attached hydrogen (secondary N) is 1. The first-order chi connectivity index (χ1) is 37.0. The number of hydrogen-bond acceptors (Lipinski definition) is 5. The number of rotatable bonds is 64. The van der Waals surface area contributed by atoms with E-state index in [1.165, 1.54) is 295 Å². The predicted molar refractivity (Wildman–Crippen MR) is 329 cm³/mol. The number of carbonyl (C=O) groups is 2. The van der Waals surface area contributed by atoms with E-state index in [0.29, 0.717) is 25.9 Å². The SMILES string of the molecule is CCCCC/C=C\C/C=C\CCCCCCCC(=O)OCCCCCCCCCCCCCCCCCCCCC(=O)NC(CO)C(O)CCCCCCCCCCCCCCCCCCCCCCCCCCC. The molecule has 0 aliphatic heterocycles. The van der Waals surface area contributed by atoms with Gasteiger partial charge in [-0.1, -0.05) is 334 Å². The summed E-state index contributed by atoms with van der Waals surface area (Å²) in [5, 5.41) is 23.4. The highest BCUT2D eigenvalue weighted by atomic mass is 16.5. The molecule has 0 aromatic rings. The van der Waals surface area contributed by atoms with E-state index in [-0.39, 0.29) is 18.5 Å². The number of hydrogen-bond donors (Lipinski definition) is 3. The van der Waals surface area contributed by atoms with Crippen molar-refractivity contribution in [2.75, 3.05) is 13.2 Å². The number of ether oxygens (including phenoxy) is 1. The first kappa shape index (κ1) is 73.3. The van der Waals surface area contributed by atoms with Gasteiger partial charge in [0.15, 0.2) is 0 Å². The first-order valence-electron chi connectivity index (χ1n) is 34.1. The fourth-order valence-electron chi connectivity index (χ4n) is 10.8. The van der Waals surface area contributed by atoms with Crippen LogP contribution in [0.25, 0.3) is 0 Å². The molecule has 2 unspecified atom stereocenters. The lowest BCUT2D eigenvalue weighted by Gasteiger charge is -2.22. The molecule has 6 heteroatoms. The number of esters is 1. The number of aliphatic hydroxyl groups is 2. The average molecular weight is 1060 g/mol. The Bertz CT molecular complexity index is 1170. The maximum Gasteiger partial charge on any atom is 0.305 e. The molecule has 0 aliphatic rings. The Kier molecular flexibility index (Phi) is 63.4. The van der Waals surface area contributed by atoms with Gasteiger partial charge in [-0.05, 0) is 57.8 Å². The molecule has 0 spiro atoms. The zero-order valence-electron chi connectivity index (χ0n) is 50.8. The maximum absolute atomic E-state index is 12.6. The maximum atomic E-state index is 12.6. The molecule has 0 radical (unpaired) electrons. The highest BCUT2D eigenvalue weighted by Gasteiger charge is 2.20. The number of unbranched alkanes of at least 4 members (excludes halogenated alkanes) is 49. The van der Waals surface area contributed by atoms with Gasteiger partial charge >= 0.3 is 5.97 Å². The van der Waals surface area contributed by atoms with Crippen molar-refractivity contribution in [2.45, 2.75) is 392 Å². The summed E-state index contributed by atoms with van der Waals surface area (Å²) in [6.07, 6.45) is 80.6. The Balaban J connectivity index is 3.41. The van der Waals surface area contributed by atoms with Crippen LogP contribution in [-0.2, 0) is 14.3 Å². The molecular weight excluding hydrogens is 923 g/mol. The molecule has 0 saturated heterocycles. The van der Waals surface area contributed by atoms with Crippen LogP contribution in [0.1, 0.15) is 380 Å². The monoisotopic (exact) mass is 1060 g/mol. The predicted octanol–water partition coefficient (Wildman–Crippen LogP) is 21.8. The van der Waals surface area contributed by atoms with Crippen LogP contribution in [0.5, 0.6) is 0 Å². The van der Waals surface area contributed by atoms with Crippen LogP contribution in [0.15, 0.2) is 24.3 Å². The second-order valence-corrected chi connectivity index (χ2v) is 23.5. The third-order valence-electron chi connectivity index (χ3n) is 16.0. The molecule has 0 heterocycles. The summed E-state index contributed by atoms with van der Waals surface area (Å²) < 4.78 is 5.48. The Morgan fingerprint density at radius 1 is 0.373 bits per heavy atom. The van der Waals surface area contributed by atoms with Crippen molar-refractivity contribution < 1.29 is 24.5 Å². The van der Waals surface area contributed by atoms with Crippen molar-refractivity contribution in [2.24, 2.45) is 0 Å². The number of carbonyl (C=O) groups excluding carboxylic acids is 2. The van der Waals surface area contributed by atoms with E-state index in [9.17, 15) is 19.8 Å². The highest BCUT2D eigenvalue weighted by molar-refractivity contribution is 5.76. The molecule has 6 nitrogen and oxygen atoms in total. The van der Waals surface area contributed by atoms with Crippen LogP contribution in [-0.4, -0.2) is 47.4 Å². The lowest BCUT2D eigenvalue weighted by molar-refractivity contribution is -0.143. The first-order valence-corrected chi connectivity index (χ1v) is 34.1. The van der Waals surface area contributed by atoms with Crippen LogP contribution >= 0.6 is 0 Å². The van der Waals surface area contributed by atoms with Gasteiger partial charge in [-0.25, -0.2) is 0 Å². The van der Waals surface area contributed by atoms with E-state index in [1.54, 1.807) is 0 Å². The van der Waals surface area contributed by atoms with Crippen LogP contribution < -0.4 is 5.32 Å².